The molecule has 0 atom stereocenters. The monoisotopic (exact) mass is 680 g/mol. The topological polar surface area (TPSA) is 42.4 Å². The molecule has 0 aliphatic carbocycles. The largest absolute Gasteiger partial charge is 0.456 e. The fraction of sp³-hybridized carbons (Fsp3) is 0. The predicted molar refractivity (Wildman–Crippen MR) is 218 cm³/mol. The minimum atomic E-state index is 0.588. The number of anilines is 3. The van der Waals surface area contributed by atoms with Crippen molar-refractivity contribution in [1.29, 1.82) is 0 Å². The van der Waals surface area contributed by atoms with Crippen LogP contribution in [0.1, 0.15) is 0 Å². The quantitative estimate of drug-likeness (QED) is 0.168. The predicted octanol–water partition coefficient (Wildman–Crippen LogP) is 13.9. The van der Waals surface area contributed by atoms with Crippen molar-refractivity contribution in [3.63, 3.8) is 0 Å². The minimum absolute atomic E-state index is 0.588. The Morgan fingerprint density at radius 2 is 0.830 bits per heavy atom. The highest BCUT2D eigenvalue weighted by Gasteiger charge is 2.19. The Morgan fingerprint density at radius 3 is 1.47 bits per heavy atom. The first-order valence-corrected chi connectivity index (χ1v) is 17.8. The second-order valence-electron chi connectivity index (χ2n) is 13.2. The molecule has 0 aliphatic heterocycles. The Morgan fingerprint density at radius 1 is 0.321 bits per heavy atom. The van der Waals surface area contributed by atoms with E-state index in [4.69, 9.17) is 13.8 Å². The van der Waals surface area contributed by atoms with Gasteiger partial charge in [0.25, 0.3) is 0 Å². The van der Waals surface area contributed by atoms with Gasteiger partial charge in [-0.05, 0) is 112 Å². The maximum absolute atomic E-state index is 6.40. The summed E-state index contributed by atoms with van der Waals surface area (Å²) in [6.07, 6.45) is 0. The van der Waals surface area contributed by atoms with E-state index in [1.54, 1.807) is 0 Å². The van der Waals surface area contributed by atoms with Crippen LogP contribution in [-0.4, -0.2) is 4.98 Å². The highest BCUT2D eigenvalue weighted by molar-refractivity contribution is 6.08. The molecule has 0 bridgehead atoms. The third-order valence-corrected chi connectivity index (χ3v) is 9.87. The smallest absolute Gasteiger partial charge is 0.227 e. The Balaban J connectivity index is 1.16. The van der Waals surface area contributed by atoms with Crippen LogP contribution in [0.3, 0.4) is 0 Å². The molecular formula is C49H32N2O2. The summed E-state index contributed by atoms with van der Waals surface area (Å²) in [4.78, 5) is 7.11. The maximum atomic E-state index is 6.40. The van der Waals surface area contributed by atoms with Gasteiger partial charge in [0.15, 0.2) is 5.58 Å². The van der Waals surface area contributed by atoms with E-state index in [9.17, 15) is 0 Å². The van der Waals surface area contributed by atoms with E-state index in [0.29, 0.717) is 5.89 Å². The van der Waals surface area contributed by atoms with Gasteiger partial charge in [0, 0.05) is 33.4 Å². The van der Waals surface area contributed by atoms with Crippen molar-refractivity contribution < 1.29 is 8.83 Å². The number of aromatic nitrogens is 1. The third-order valence-electron chi connectivity index (χ3n) is 9.87. The average Bonchev–Trinajstić information content (AvgIpc) is 3.83. The van der Waals surface area contributed by atoms with Crippen LogP contribution in [0.4, 0.5) is 17.1 Å². The van der Waals surface area contributed by atoms with Gasteiger partial charge in [-0.3, -0.25) is 0 Å². The SMILES string of the molecule is c1ccc(-c2ccc(N(c3cc(-c4ccccc4)cc(-c4ccccc4)c3)c3ccc4oc5ccc(-c6nc7ccccc7o6)cc5c4c3)cc2)cc1. The Labute approximate surface area is 306 Å². The fourth-order valence-electron chi connectivity index (χ4n) is 7.25. The molecule has 4 heteroatoms. The van der Waals surface area contributed by atoms with E-state index in [0.717, 1.165) is 77.9 Å². The van der Waals surface area contributed by atoms with E-state index in [1.807, 2.05) is 36.4 Å². The molecule has 10 aromatic rings. The Kier molecular flexibility index (Phi) is 7.43. The number of para-hydroxylation sites is 2. The summed E-state index contributed by atoms with van der Waals surface area (Å²) in [5.41, 5.74) is 14.2. The van der Waals surface area contributed by atoms with Crippen molar-refractivity contribution in [2.45, 2.75) is 0 Å². The number of benzene rings is 8. The van der Waals surface area contributed by atoms with Crippen molar-refractivity contribution >= 4 is 50.1 Å². The number of rotatable bonds is 7. The number of oxazole rings is 1. The highest BCUT2D eigenvalue weighted by Crippen LogP contribution is 2.43. The van der Waals surface area contributed by atoms with Crippen LogP contribution < -0.4 is 4.90 Å². The molecule has 4 nitrogen and oxygen atoms in total. The van der Waals surface area contributed by atoms with Gasteiger partial charge in [0.2, 0.25) is 5.89 Å². The number of furan rings is 1. The lowest BCUT2D eigenvalue weighted by Gasteiger charge is -2.27. The normalized spacial score (nSPS) is 11.4. The summed E-state index contributed by atoms with van der Waals surface area (Å²) in [6, 6.07) is 67.8. The van der Waals surface area contributed by atoms with Gasteiger partial charge >= 0.3 is 0 Å². The van der Waals surface area contributed by atoms with Gasteiger partial charge in [-0.1, -0.05) is 115 Å². The first-order chi connectivity index (χ1) is 26.2. The van der Waals surface area contributed by atoms with E-state index >= 15 is 0 Å². The molecule has 0 aliphatic rings. The van der Waals surface area contributed by atoms with Gasteiger partial charge in [0.05, 0.1) is 0 Å². The van der Waals surface area contributed by atoms with E-state index in [2.05, 4.69) is 163 Å². The number of hydrogen-bond acceptors (Lipinski definition) is 4. The number of hydrogen-bond donors (Lipinski definition) is 0. The molecule has 0 saturated heterocycles. The molecule has 0 fully saturated rings. The van der Waals surface area contributed by atoms with Gasteiger partial charge in [0.1, 0.15) is 16.7 Å². The minimum Gasteiger partial charge on any atom is -0.456 e. The highest BCUT2D eigenvalue weighted by atomic mass is 16.3. The zero-order valence-corrected chi connectivity index (χ0v) is 28.7. The molecule has 0 N–H and O–H groups in total. The van der Waals surface area contributed by atoms with Crippen LogP contribution in [0.25, 0.3) is 77.9 Å². The molecule has 53 heavy (non-hydrogen) atoms. The number of nitrogens with zero attached hydrogens (tertiary/aromatic N) is 2. The standard InChI is InChI=1S/C49H32N2O2/c1-4-12-33(13-5-1)36-20-23-40(24-21-36)51(42-29-38(34-14-6-2-7-15-34)28-39(30-42)35-16-8-3-9-17-35)41-25-27-47-44(32-41)43-31-37(22-26-46(43)52-47)49-50-45-18-10-11-19-48(45)53-49/h1-32H. The van der Waals surface area contributed by atoms with Crippen LogP contribution in [0.15, 0.2) is 203 Å². The van der Waals surface area contributed by atoms with Crippen LogP contribution in [0, 0.1) is 0 Å². The van der Waals surface area contributed by atoms with E-state index in [1.165, 1.54) is 11.1 Å². The summed E-state index contributed by atoms with van der Waals surface area (Å²) in [5, 5.41) is 2.02. The van der Waals surface area contributed by atoms with Crippen LogP contribution in [0.2, 0.25) is 0 Å². The first-order valence-electron chi connectivity index (χ1n) is 17.8. The third kappa shape index (κ3) is 5.73. The first kappa shape index (κ1) is 30.6. The molecule has 0 spiro atoms. The summed E-state index contributed by atoms with van der Waals surface area (Å²) < 4.78 is 12.6. The van der Waals surface area contributed by atoms with Crippen molar-refractivity contribution in [2.75, 3.05) is 4.90 Å². The molecule has 8 aromatic carbocycles. The van der Waals surface area contributed by atoms with Crippen molar-refractivity contribution in [3.05, 3.63) is 194 Å². The Hall–Kier alpha value is -7.17. The lowest BCUT2D eigenvalue weighted by atomic mass is 9.97. The Bertz CT molecular complexity index is 2780. The summed E-state index contributed by atoms with van der Waals surface area (Å²) >= 11 is 0. The molecule has 250 valence electrons. The van der Waals surface area contributed by atoms with Crippen LogP contribution in [-0.2, 0) is 0 Å². The zero-order valence-electron chi connectivity index (χ0n) is 28.7. The summed E-state index contributed by atoms with van der Waals surface area (Å²) in [5.74, 6) is 0.588. The number of fused-ring (bicyclic) bond motifs is 4. The van der Waals surface area contributed by atoms with Crippen molar-refractivity contribution in [3.8, 4) is 44.8 Å². The van der Waals surface area contributed by atoms with Gasteiger partial charge in [-0.15, -0.1) is 0 Å². The van der Waals surface area contributed by atoms with E-state index in [-0.39, 0.29) is 0 Å². The van der Waals surface area contributed by atoms with Crippen molar-refractivity contribution in [2.24, 2.45) is 0 Å². The molecular weight excluding hydrogens is 649 g/mol. The fourth-order valence-corrected chi connectivity index (χ4v) is 7.25. The molecule has 2 aromatic heterocycles. The molecule has 0 unspecified atom stereocenters. The molecule has 0 saturated carbocycles. The van der Waals surface area contributed by atoms with Gasteiger partial charge < -0.3 is 13.7 Å². The lowest BCUT2D eigenvalue weighted by Crippen LogP contribution is -2.10. The summed E-state index contributed by atoms with van der Waals surface area (Å²) in [7, 11) is 0. The van der Waals surface area contributed by atoms with Gasteiger partial charge in [-0.25, -0.2) is 4.98 Å². The molecule has 10 rings (SSSR count). The molecule has 2 heterocycles. The van der Waals surface area contributed by atoms with E-state index < -0.39 is 0 Å². The molecule has 0 radical (unpaired) electrons. The van der Waals surface area contributed by atoms with Crippen LogP contribution in [0.5, 0.6) is 0 Å². The molecule has 0 amide bonds. The second-order valence-corrected chi connectivity index (χ2v) is 13.2. The van der Waals surface area contributed by atoms with Gasteiger partial charge in [-0.2, -0.15) is 0 Å². The lowest BCUT2D eigenvalue weighted by molar-refractivity contribution is 0.620. The average molecular weight is 681 g/mol. The maximum Gasteiger partial charge on any atom is 0.227 e. The zero-order chi connectivity index (χ0) is 35.1. The second kappa shape index (κ2) is 12.9. The van der Waals surface area contributed by atoms with Crippen molar-refractivity contribution in [1.82, 2.24) is 4.98 Å². The van der Waals surface area contributed by atoms with Crippen LogP contribution >= 0.6 is 0 Å². The summed E-state index contributed by atoms with van der Waals surface area (Å²) in [6.45, 7) is 0.